The lowest BCUT2D eigenvalue weighted by Crippen LogP contribution is -2.45. The van der Waals surface area contributed by atoms with Crippen molar-refractivity contribution in [2.75, 3.05) is 6.54 Å². The molecule has 0 spiro atoms. The number of nitrogens with zero attached hydrogens (tertiary/aromatic N) is 2. The Labute approximate surface area is 94.2 Å². The predicted octanol–water partition coefficient (Wildman–Crippen LogP) is 0.611. The quantitative estimate of drug-likeness (QED) is 0.785. The summed E-state index contributed by atoms with van der Waals surface area (Å²) in [6.07, 6.45) is 0.766. The third-order valence-electron chi connectivity index (χ3n) is 1.66. The van der Waals surface area contributed by atoms with Gasteiger partial charge in [-0.05, 0) is 20.8 Å². The zero-order valence-electron chi connectivity index (χ0n) is 9.65. The molecule has 1 heterocycles. The molecule has 1 rings (SSSR count). The third kappa shape index (κ3) is 4.70. The molecular weight excluding hydrogens is 208 g/mol. The van der Waals surface area contributed by atoms with Gasteiger partial charge in [-0.2, -0.15) is 0 Å². The van der Waals surface area contributed by atoms with Crippen molar-refractivity contribution < 1.29 is 9.53 Å². The molecule has 6 nitrogen and oxygen atoms in total. The van der Waals surface area contributed by atoms with Crippen LogP contribution in [0.1, 0.15) is 19.5 Å². The highest BCUT2D eigenvalue weighted by Crippen LogP contribution is 2.05. The van der Waals surface area contributed by atoms with Gasteiger partial charge < -0.3 is 15.8 Å². The standard InChI is InChI=1S/C10H16N4O2/c1-7-4-8(14-6-13-7)16-9(15)12-5-10(2,3)11/h4,6H,5,11H2,1-3H3,(H,12,15). The van der Waals surface area contributed by atoms with Gasteiger partial charge in [0.15, 0.2) is 0 Å². The van der Waals surface area contributed by atoms with Crippen molar-refractivity contribution in [3.63, 3.8) is 0 Å². The van der Waals surface area contributed by atoms with Crippen molar-refractivity contribution in [2.24, 2.45) is 5.73 Å². The summed E-state index contributed by atoms with van der Waals surface area (Å²) in [7, 11) is 0. The monoisotopic (exact) mass is 224 g/mol. The summed E-state index contributed by atoms with van der Waals surface area (Å²) >= 11 is 0. The number of carbonyl (C=O) groups excluding carboxylic acids is 1. The van der Waals surface area contributed by atoms with E-state index >= 15 is 0 Å². The molecule has 3 N–H and O–H groups in total. The van der Waals surface area contributed by atoms with E-state index in [1.54, 1.807) is 13.0 Å². The molecule has 1 aromatic rings. The van der Waals surface area contributed by atoms with Gasteiger partial charge in [-0.3, -0.25) is 0 Å². The van der Waals surface area contributed by atoms with E-state index in [1.165, 1.54) is 6.33 Å². The number of aryl methyl sites for hydroxylation is 1. The minimum atomic E-state index is -0.573. The maximum absolute atomic E-state index is 11.3. The van der Waals surface area contributed by atoms with Crippen LogP contribution in [-0.4, -0.2) is 28.1 Å². The molecule has 0 saturated heterocycles. The van der Waals surface area contributed by atoms with E-state index in [-0.39, 0.29) is 5.88 Å². The number of ether oxygens (including phenoxy) is 1. The number of hydrogen-bond donors (Lipinski definition) is 2. The van der Waals surface area contributed by atoms with Crippen LogP contribution in [0.25, 0.3) is 0 Å². The van der Waals surface area contributed by atoms with Crippen molar-refractivity contribution >= 4 is 6.09 Å². The van der Waals surface area contributed by atoms with E-state index in [2.05, 4.69) is 15.3 Å². The van der Waals surface area contributed by atoms with Gasteiger partial charge in [0.2, 0.25) is 5.88 Å². The largest absolute Gasteiger partial charge is 0.414 e. The molecule has 0 aliphatic heterocycles. The Morgan fingerprint density at radius 3 is 2.81 bits per heavy atom. The van der Waals surface area contributed by atoms with Gasteiger partial charge in [-0.25, -0.2) is 14.8 Å². The summed E-state index contributed by atoms with van der Waals surface area (Å²) in [5.74, 6) is 0.222. The Kier molecular flexibility index (Phi) is 3.78. The van der Waals surface area contributed by atoms with Crippen LogP contribution in [0.15, 0.2) is 12.4 Å². The van der Waals surface area contributed by atoms with Crippen molar-refractivity contribution in [3.05, 3.63) is 18.1 Å². The average Bonchev–Trinajstić information content (AvgIpc) is 2.14. The Balaban J connectivity index is 2.46. The Morgan fingerprint density at radius 2 is 2.25 bits per heavy atom. The highest BCUT2D eigenvalue weighted by atomic mass is 16.6. The first-order chi connectivity index (χ1) is 7.37. The summed E-state index contributed by atoms with van der Waals surface area (Å²) in [6, 6.07) is 1.58. The van der Waals surface area contributed by atoms with Gasteiger partial charge in [0, 0.05) is 23.8 Å². The van der Waals surface area contributed by atoms with Crippen LogP contribution >= 0.6 is 0 Å². The lowest BCUT2D eigenvalue weighted by molar-refractivity contribution is 0.196. The molecule has 1 aromatic heterocycles. The first-order valence-corrected chi connectivity index (χ1v) is 4.90. The van der Waals surface area contributed by atoms with Gasteiger partial charge in [0.05, 0.1) is 0 Å². The summed E-state index contributed by atoms with van der Waals surface area (Å²) in [6.45, 7) is 5.73. The molecule has 0 atom stereocenters. The molecule has 0 unspecified atom stereocenters. The number of nitrogens with two attached hydrogens (primary N) is 1. The van der Waals surface area contributed by atoms with E-state index in [0.717, 1.165) is 5.69 Å². The zero-order chi connectivity index (χ0) is 12.2. The topological polar surface area (TPSA) is 90.1 Å². The fourth-order valence-corrected chi connectivity index (χ4v) is 0.917. The SMILES string of the molecule is Cc1cc(OC(=O)NCC(C)(C)N)ncn1. The van der Waals surface area contributed by atoms with Crippen LogP contribution in [0.3, 0.4) is 0 Å². The molecule has 0 aromatic carbocycles. The molecule has 6 heteroatoms. The highest BCUT2D eigenvalue weighted by molar-refractivity contribution is 5.69. The number of carbonyl (C=O) groups is 1. The maximum atomic E-state index is 11.3. The average molecular weight is 224 g/mol. The second-order valence-electron chi connectivity index (χ2n) is 4.23. The van der Waals surface area contributed by atoms with Gasteiger partial charge >= 0.3 is 6.09 Å². The zero-order valence-corrected chi connectivity index (χ0v) is 9.65. The van der Waals surface area contributed by atoms with Crippen molar-refractivity contribution in [1.29, 1.82) is 0 Å². The number of aromatic nitrogens is 2. The lowest BCUT2D eigenvalue weighted by atomic mass is 10.1. The molecule has 16 heavy (non-hydrogen) atoms. The highest BCUT2D eigenvalue weighted by Gasteiger charge is 2.13. The van der Waals surface area contributed by atoms with E-state index < -0.39 is 11.6 Å². The number of hydrogen-bond acceptors (Lipinski definition) is 5. The third-order valence-corrected chi connectivity index (χ3v) is 1.66. The summed E-state index contributed by atoms with van der Waals surface area (Å²) in [5.41, 5.74) is 5.97. The minimum absolute atomic E-state index is 0.222. The molecule has 0 aliphatic carbocycles. The molecule has 88 valence electrons. The van der Waals surface area contributed by atoms with Crippen molar-refractivity contribution in [3.8, 4) is 5.88 Å². The van der Waals surface area contributed by atoms with Crippen molar-refractivity contribution in [1.82, 2.24) is 15.3 Å². The fourth-order valence-electron chi connectivity index (χ4n) is 0.917. The summed E-state index contributed by atoms with van der Waals surface area (Å²) in [4.78, 5) is 19.0. The Bertz CT molecular complexity index is 373. The fraction of sp³-hybridized carbons (Fsp3) is 0.500. The number of amides is 1. The van der Waals surface area contributed by atoms with Crippen LogP contribution in [-0.2, 0) is 0 Å². The molecule has 0 bridgehead atoms. The Morgan fingerprint density at radius 1 is 1.56 bits per heavy atom. The van der Waals surface area contributed by atoms with E-state index in [0.29, 0.717) is 6.54 Å². The molecule has 1 amide bonds. The lowest BCUT2D eigenvalue weighted by Gasteiger charge is -2.18. The van der Waals surface area contributed by atoms with Gasteiger partial charge in [-0.15, -0.1) is 0 Å². The van der Waals surface area contributed by atoms with E-state index in [4.69, 9.17) is 10.5 Å². The first-order valence-electron chi connectivity index (χ1n) is 4.90. The minimum Gasteiger partial charge on any atom is -0.391 e. The second kappa shape index (κ2) is 4.89. The van der Waals surface area contributed by atoms with Crippen LogP contribution in [0.2, 0.25) is 0 Å². The molecular formula is C10H16N4O2. The van der Waals surface area contributed by atoms with Crippen molar-refractivity contribution in [2.45, 2.75) is 26.3 Å². The smallest absolute Gasteiger partial charge is 0.391 e. The van der Waals surface area contributed by atoms with Crippen LogP contribution < -0.4 is 15.8 Å². The van der Waals surface area contributed by atoms with E-state index in [9.17, 15) is 4.79 Å². The summed E-state index contributed by atoms with van der Waals surface area (Å²) < 4.78 is 4.93. The molecule has 0 radical (unpaired) electrons. The normalized spacial score (nSPS) is 11.0. The van der Waals surface area contributed by atoms with Gasteiger partial charge in [0.1, 0.15) is 6.33 Å². The second-order valence-corrected chi connectivity index (χ2v) is 4.23. The van der Waals surface area contributed by atoms with Gasteiger partial charge in [0.25, 0.3) is 0 Å². The summed E-state index contributed by atoms with van der Waals surface area (Å²) in [5, 5.41) is 2.54. The molecule has 0 aliphatic rings. The maximum Gasteiger partial charge on any atom is 0.414 e. The van der Waals surface area contributed by atoms with Gasteiger partial charge in [-0.1, -0.05) is 0 Å². The molecule has 0 saturated carbocycles. The predicted molar refractivity (Wildman–Crippen MR) is 59.1 cm³/mol. The van der Waals surface area contributed by atoms with Crippen LogP contribution in [0, 0.1) is 6.92 Å². The van der Waals surface area contributed by atoms with E-state index in [1.807, 2.05) is 13.8 Å². The van der Waals surface area contributed by atoms with Crippen LogP contribution in [0.4, 0.5) is 4.79 Å². The number of nitrogens with one attached hydrogen (secondary N) is 1. The Hall–Kier alpha value is -1.69. The molecule has 0 fully saturated rings. The van der Waals surface area contributed by atoms with Crippen LogP contribution in [0.5, 0.6) is 5.88 Å². The number of rotatable bonds is 3. The first kappa shape index (κ1) is 12.4.